The summed E-state index contributed by atoms with van der Waals surface area (Å²) in [4.78, 5) is 6.96. The number of aryl methyl sites for hydroxylation is 1. The van der Waals surface area contributed by atoms with Crippen LogP contribution in [0.15, 0.2) is 42.7 Å². The Bertz CT molecular complexity index is 577. The highest BCUT2D eigenvalue weighted by molar-refractivity contribution is 5.24. The highest BCUT2D eigenvalue weighted by Crippen LogP contribution is 2.24. The second-order valence-electron chi connectivity index (χ2n) is 6.11. The van der Waals surface area contributed by atoms with Gasteiger partial charge in [-0.05, 0) is 12.5 Å². The molecule has 1 atom stereocenters. The predicted octanol–water partition coefficient (Wildman–Crippen LogP) is 1.78. The van der Waals surface area contributed by atoms with Crippen molar-refractivity contribution in [2.75, 3.05) is 26.2 Å². The Morgan fingerprint density at radius 3 is 2.81 bits per heavy atom. The van der Waals surface area contributed by atoms with Gasteiger partial charge in [0.1, 0.15) is 5.82 Å². The number of nitrogens with zero attached hydrogens (tertiary/aromatic N) is 3. The van der Waals surface area contributed by atoms with Crippen molar-refractivity contribution in [2.45, 2.75) is 18.9 Å². The van der Waals surface area contributed by atoms with Crippen LogP contribution in [-0.2, 0) is 19.0 Å². The number of piperazine rings is 1. The molecule has 3 rings (SSSR count). The minimum Gasteiger partial charge on any atom is -0.338 e. The van der Waals surface area contributed by atoms with Gasteiger partial charge in [-0.25, -0.2) is 4.98 Å². The Hall–Kier alpha value is -1.65. The molecular formula is C17H24N4. The van der Waals surface area contributed by atoms with E-state index in [1.54, 1.807) is 0 Å². The lowest BCUT2D eigenvalue weighted by Crippen LogP contribution is -2.56. The zero-order valence-electron chi connectivity index (χ0n) is 12.9. The number of hydrogen-bond donors (Lipinski definition) is 1. The molecule has 0 bridgehead atoms. The van der Waals surface area contributed by atoms with Gasteiger partial charge in [0, 0.05) is 52.0 Å². The third-order valence-corrected chi connectivity index (χ3v) is 4.47. The SMILES string of the molecule is Cn1ccnc1CCN1CCNC(C)(c2ccccc2)C1. The van der Waals surface area contributed by atoms with Crippen LogP contribution in [0.4, 0.5) is 0 Å². The fourth-order valence-corrected chi connectivity index (χ4v) is 3.16. The maximum absolute atomic E-state index is 4.42. The van der Waals surface area contributed by atoms with Gasteiger partial charge in [-0.3, -0.25) is 4.90 Å². The summed E-state index contributed by atoms with van der Waals surface area (Å²) < 4.78 is 2.11. The summed E-state index contributed by atoms with van der Waals surface area (Å²) in [7, 11) is 2.06. The van der Waals surface area contributed by atoms with Crippen LogP contribution in [0.3, 0.4) is 0 Å². The Morgan fingerprint density at radius 2 is 2.10 bits per heavy atom. The lowest BCUT2D eigenvalue weighted by molar-refractivity contribution is 0.143. The highest BCUT2D eigenvalue weighted by Gasteiger charge is 2.31. The summed E-state index contributed by atoms with van der Waals surface area (Å²) in [5.41, 5.74) is 1.41. The first-order valence-corrected chi connectivity index (χ1v) is 7.66. The fourth-order valence-electron chi connectivity index (χ4n) is 3.16. The van der Waals surface area contributed by atoms with Crippen LogP contribution in [0.1, 0.15) is 18.3 Å². The molecule has 1 saturated heterocycles. The van der Waals surface area contributed by atoms with Crippen molar-refractivity contribution in [2.24, 2.45) is 7.05 Å². The molecule has 0 aliphatic carbocycles. The number of rotatable bonds is 4. The van der Waals surface area contributed by atoms with Crippen LogP contribution in [0.2, 0.25) is 0 Å². The molecule has 0 spiro atoms. The number of imidazole rings is 1. The molecule has 1 N–H and O–H groups in total. The minimum atomic E-state index is 0.0428. The first-order valence-electron chi connectivity index (χ1n) is 7.66. The number of nitrogens with one attached hydrogen (secondary N) is 1. The molecule has 1 aliphatic rings. The first kappa shape index (κ1) is 14.3. The zero-order valence-corrected chi connectivity index (χ0v) is 12.9. The van der Waals surface area contributed by atoms with E-state index in [-0.39, 0.29) is 5.54 Å². The van der Waals surface area contributed by atoms with Crippen LogP contribution in [0.25, 0.3) is 0 Å². The number of benzene rings is 1. The monoisotopic (exact) mass is 284 g/mol. The smallest absolute Gasteiger partial charge is 0.109 e. The van der Waals surface area contributed by atoms with E-state index in [0.29, 0.717) is 0 Å². The van der Waals surface area contributed by atoms with Gasteiger partial charge in [-0.1, -0.05) is 30.3 Å². The molecule has 1 unspecified atom stereocenters. The third-order valence-electron chi connectivity index (χ3n) is 4.47. The Kier molecular flexibility index (Phi) is 4.08. The van der Waals surface area contributed by atoms with Crippen molar-refractivity contribution in [1.29, 1.82) is 0 Å². The topological polar surface area (TPSA) is 33.1 Å². The van der Waals surface area contributed by atoms with Crippen LogP contribution in [-0.4, -0.2) is 40.6 Å². The summed E-state index contributed by atoms with van der Waals surface area (Å²) >= 11 is 0. The van der Waals surface area contributed by atoms with Crippen LogP contribution < -0.4 is 5.32 Å². The van der Waals surface area contributed by atoms with Gasteiger partial charge in [0.25, 0.3) is 0 Å². The zero-order chi connectivity index (χ0) is 14.7. The van der Waals surface area contributed by atoms with E-state index < -0.39 is 0 Å². The van der Waals surface area contributed by atoms with Crippen molar-refractivity contribution in [3.8, 4) is 0 Å². The summed E-state index contributed by atoms with van der Waals surface area (Å²) in [6.45, 7) is 6.55. The molecule has 1 aromatic carbocycles. The van der Waals surface area contributed by atoms with E-state index in [4.69, 9.17) is 0 Å². The third kappa shape index (κ3) is 3.17. The fraction of sp³-hybridized carbons (Fsp3) is 0.471. The molecule has 0 amide bonds. The second kappa shape index (κ2) is 6.00. The summed E-state index contributed by atoms with van der Waals surface area (Å²) in [6, 6.07) is 10.8. The van der Waals surface area contributed by atoms with Crippen LogP contribution >= 0.6 is 0 Å². The summed E-state index contributed by atoms with van der Waals surface area (Å²) in [5.74, 6) is 1.16. The molecule has 2 aromatic rings. The van der Waals surface area contributed by atoms with Crippen molar-refractivity contribution in [3.05, 3.63) is 54.1 Å². The van der Waals surface area contributed by atoms with Crippen molar-refractivity contribution in [3.63, 3.8) is 0 Å². The van der Waals surface area contributed by atoms with Gasteiger partial charge in [0.2, 0.25) is 0 Å². The summed E-state index contributed by atoms with van der Waals surface area (Å²) in [5, 5.41) is 3.68. The lowest BCUT2D eigenvalue weighted by atomic mass is 9.89. The molecule has 0 saturated carbocycles. The molecule has 21 heavy (non-hydrogen) atoms. The molecule has 4 nitrogen and oxygen atoms in total. The van der Waals surface area contributed by atoms with E-state index in [9.17, 15) is 0 Å². The first-order chi connectivity index (χ1) is 10.2. The standard InChI is InChI=1S/C17H24N4/c1-17(15-6-4-3-5-7-15)14-21(13-10-19-17)11-8-16-18-9-12-20(16)2/h3-7,9,12,19H,8,10-11,13-14H2,1-2H3. The van der Waals surface area contributed by atoms with Gasteiger partial charge in [-0.15, -0.1) is 0 Å². The Balaban J connectivity index is 1.64. The average Bonchev–Trinajstić information content (AvgIpc) is 2.92. The second-order valence-corrected chi connectivity index (χ2v) is 6.11. The molecule has 1 aliphatic heterocycles. The molecular weight excluding hydrogens is 260 g/mol. The van der Waals surface area contributed by atoms with E-state index in [2.05, 4.69) is 64.1 Å². The quantitative estimate of drug-likeness (QED) is 0.929. The van der Waals surface area contributed by atoms with Gasteiger partial charge >= 0.3 is 0 Å². The van der Waals surface area contributed by atoms with E-state index >= 15 is 0 Å². The van der Waals surface area contributed by atoms with Gasteiger partial charge in [0.15, 0.2) is 0 Å². The number of hydrogen-bond acceptors (Lipinski definition) is 3. The van der Waals surface area contributed by atoms with E-state index in [1.807, 2.05) is 12.4 Å². The van der Waals surface area contributed by atoms with Crippen molar-refractivity contribution >= 4 is 0 Å². The molecule has 1 aromatic heterocycles. The maximum atomic E-state index is 4.42. The molecule has 4 heteroatoms. The van der Waals surface area contributed by atoms with Gasteiger partial charge in [0.05, 0.1) is 5.54 Å². The largest absolute Gasteiger partial charge is 0.338 e. The Morgan fingerprint density at radius 1 is 1.29 bits per heavy atom. The van der Waals surface area contributed by atoms with Crippen LogP contribution in [0, 0.1) is 0 Å². The van der Waals surface area contributed by atoms with Gasteiger partial charge in [-0.2, -0.15) is 0 Å². The lowest BCUT2D eigenvalue weighted by Gasteiger charge is -2.42. The normalized spacial score (nSPS) is 23.3. The predicted molar refractivity (Wildman–Crippen MR) is 85.1 cm³/mol. The molecule has 0 radical (unpaired) electrons. The van der Waals surface area contributed by atoms with E-state index in [0.717, 1.165) is 38.4 Å². The molecule has 1 fully saturated rings. The van der Waals surface area contributed by atoms with E-state index in [1.165, 1.54) is 5.56 Å². The Labute approximate surface area is 126 Å². The number of aromatic nitrogens is 2. The molecule has 112 valence electrons. The van der Waals surface area contributed by atoms with Crippen LogP contribution in [0.5, 0.6) is 0 Å². The average molecular weight is 284 g/mol. The van der Waals surface area contributed by atoms with Crippen molar-refractivity contribution in [1.82, 2.24) is 19.8 Å². The van der Waals surface area contributed by atoms with Gasteiger partial charge < -0.3 is 9.88 Å². The summed E-state index contributed by atoms with van der Waals surface area (Å²) in [6.07, 6.45) is 4.90. The van der Waals surface area contributed by atoms with Crippen molar-refractivity contribution < 1.29 is 0 Å². The molecule has 2 heterocycles. The minimum absolute atomic E-state index is 0.0428. The highest BCUT2D eigenvalue weighted by atomic mass is 15.2. The maximum Gasteiger partial charge on any atom is 0.109 e.